The molecule has 6 heteroatoms. The average Bonchev–Trinajstić information content (AvgIpc) is 2.29. The Morgan fingerprint density at radius 1 is 1.06 bits per heavy atom. The van der Waals surface area contributed by atoms with Crippen molar-refractivity contribution in [1.82, 2.24) is 4.98 Å². The van der Waals surface area contributed by atoms with Crippen LogP contribution < -0.4 is 5.56 Å². The number of benzene rings is 1. The molecule has 0 bridgehead atoms. The molecule has 0 atom stereocenters. The summed E-state index contributed by atoms with van der Waals surface area (Å²) in [6.07, 6.45) is -3.94. The Bertz CT molecular complexity index is 613. The Balaban J connectivity index is 2.57. The Hall–Kier alpha value is -2.11. The van der Waals surface area contributed by atoms with Gasteiger partial charge in [0.1, 0.15) is 5.82 Å². The van der Waals surface area contributed by atoms with Gasteiger partial charge in [0.15, 0.2) is 0 Å². The third-order valence-electron chi connectivity index (χ3n) is 2.39. The lowest BCUT2D eigenvalue weighted by Gasteiger charge is -2.08. The zero-order valence-electron chi connectivity index (χ0n) is 8.88. The summed E-state index contributed by atoms with van der Waals surface area (Å²) >= 11 is 0. The summed E-state index contributed by atoms with van der Waals surface area (Å²) in [5.41, 5.74) is -1.54. The molecular formula is C12H7F4NO. The van der Waals surface area contributed by atoms with Crippen LogP contribution in [0.3, 0.4) is 0 Å². The van der Waals surface area contributed by atoms with E-state index in [-0.39, 0.29) is 11.1 Å². The normalized spacial score (nSPS) is 11.6. The second kappa shape index (κ2) is 4.29. The monoisotopic (exact) mass is 257 g/mol. The highest BCUT2D eigenvalue weighted by molar-refractivity contribution is 5.62. The van der Waals surface area contributed by atoms with Crippen molar-refractivity contribution in [3.8, 4) is 11.1 Å². The molecule has 18 heavy (non-hydrogen) atoms. The van der Waals surface area contributed by atoms with Crippen LogP contribution in [0.5, 0.6) is 0 Å². The van der Waals surface area contributed by atoms with Crippen LogP contribution in [0.1, 0.15) is 5.56 Å². The van der Waals surface area contributed by atoms with Gasteiger partial charge in [-0.15, -0.1) is 0 Å². The van der Waals surface area contributed by atoms with Crippen LogP contribution in [0.2, 0.25) is 0 Å². The molecule has 1 aromatic heterocycles. The van der Waals surface area contributed by atoms with Gasteiger partial charge >= 0.3 is 6.18 Å². The van der Waals surface area contributed by atoms with E-state index in [9.17, 15) is 22.4 Å². The summed E-state index contributed by atoms with van der Waals surface area (Å²) < 4.78 is 50.2. The average molecular weight is 257 g/mol. The van der Waals surface area contributed by atoms with Crippen molar-refractivity contribution < 1.29 is 17.6 Å². The molecule has 0 aliphatic carbocycles. The third kappa shape index (κ3) is 2.42. The van der Waals surface area contributed by atoms with Gasteiger partial charge in [-0.2, -0.15) is 13.2 Å². The Labute approximate surface area is 98.9 Å². The lowest BCUT2D eigenvalue weighted by Crippen LogP contribution is -2.14. The fourth-order valence-corrected chi connectivity index (χ4v) is 1.49. The summed E-state index contributed by atoms with van der Waals surface area (Å²) in [4.78, 5) is 13.5. The summed E-state index contributed by atoms with van der Waals surface area (Å²) in [6.45, 7) is 0. The number of hydrogen-bond acceptors (Lipinski definition) is 1. The van der Waals surface area contributed by atoms with Gasteiger partial charge in [-0.1, -0.05) is 12.1 Å². The largest absolute Gasteiger partial charge is 0.417 e. The minimum absolute atomic E-state index is 0.148. The van der Waals surface area contributed by atoms with E-state index in [1.165, 1.54) is 12.1 Å². The van der Waals surface area contributed by atoms with Crippen molar-refractivity contribution in [2.24, 2.45) is 0 Å². The maximum Gasteiger partial charge on any atom is 0.417 e. The van der Waals surface area contributed by atoms with E-state index in [0.717, 1.165) is 18.2 Å². The molecule has 0 saturated carbocycles. The molecule has 94 valence electrons. The maximum atomic E-state index is 12.7. The minimum atomic E-state index is -4.54. The van der Waals surface area contributed by atoms with Crippen molar-refractivity contribution >= 4 is 0 Å². The molecule has 2 rings (SSSR count). The first-order valence-corrected chi connectivity index (χ1v) is 4.94. The number of pyridine rings is 1. The molecule has 0 amide bonds. The van der Waals surface area contributed by atoms with Crippen LogP contribution >= 0.6 is 0 Å². The fourth-order valence-electron chi connectivity index (χ4n) is 1.49. The van der Waals surface area contributed by atoms with Crippen molar-refractivity contribution in [3.63, 3.8) is 0 Å². The second-order valence-electron chi connectivity index (χ2n) is 3.64. The Morgan fingerprint density at radius 3 is 2.22 bits per heavy atom. The Kier molecular flexibility index (Phi) is 2.94. The van der Waals surface area contributed by atoms with Gasteiger partial charge in [0.05, 0.1) is 5.56 Å². The van der Waals surface area contributed by atoms with E-state index < -0.39 is 23.1 Å². The summed E-state index contributed by atoms with van der Waals surface area (Å²) in [5, 5.41) is 0. The van der Waals surface area contributed by atoms with Crippen LogP contribution in [0.15, 0.2) is 41.3 Å². The highest BCUT2D eigenvalue weighted by Crippen LogP contribution is 2.30. The highest BCUT2D eigenvalue weighted by atomic mass is 19.4. The van der Waals surface area contributed by atoms with E-state index in [1.54, 1.807) is 0 Å². The number of H-pyrrole nitrogens is 1. The van der Waals surface area contributed by atoms with E-state index in [4.69, 9.17) is 0 Å². The number of aromatic nitrogens is 1. The lowest BCUT2D eigenvalue weighted by atomic mass is 10.1. The third-order valence-corrected chi connectivity index (χ3v) is 2.39. The molecule has 0 saturated heterocycles. The van der Waals surface area contributed by atoms with Gasteiger partial charge in [0.25, 0.3) is 5.56 Å². The van der Waals surface area contributed by atoms with Crippen LogP contribution in [0, 0.1) is 5.82 Å². The molecule has 0 aliphatic rings. The molecule has 0 radical (unpaired) electrons. The van der Waals surface area contributed by atoms with E-state index in [1.807, 2.05) is 4.98 Å². The van der Waals surface area contributed by atoms with E-state index in [0.29, 0.717) is 6.20 Å². The first-order valence-electron chi connectivity index (χ1n) is 4.94. The zero-order valence-corrected chi connectivity index (χ0v) is 8.88. The van der Waals surface area contributed by atoms with Crippen LogP contribution in [0.25, 0.3) is 11.1 Å². The smallest absolute Gasteiger partial charge is 0.328 e. The van der Waals surface area contributed by atoms with Crippen molar-refractivity contribution in [2.75, 3.05) is 0 Å². The lowest BCUT2D eigenvalue weighted by molar-refractivity contribution is -0.137. The van der Waals surface area contributed by atoms with Crippen LogP contribution in [0.4, 0.5) is 17.6 Å². The predicted octanol–water partition coefficient (Wildman–Crippen LogP) is 3.20. The molecule has 0 unspecified atom stereocenters. The summed E-state index contributed by atoms with van der Waals surface area (Å²) in [7, 11) is 0. The fraction of sp³-hybridized carbons (Fsp3) is 0.0833. The van der Waals surface area contributed by atoms with Gasteiger partial charge in [-0.25, -0.2) is 4.39 Å². The standard InChI is InChI=1S/C12H7F4NO/c13-9-3-1-7(2-4-9)10-5-8(12(14,15)16)6-17-11(10)18/h1-6H,(H,17,18). The number of halogens is 4. The van der Waals surface area contributed by atoms with Gasteiger partial charge in [0.2, 0.25) is 0 Å². The predicted molar refractivity (Wildman–Crippen MR) is 57.5 cm³/mol. The SMILES string of the molecule is O=c1[nH]cc(C(F)(F)F)cc1-c1ccc(F)cc1. The van der Waals surface area contributed by atoms with Gasteiger partial charge in [-0.05, 0) is 23.8 Å². The highest BCUT2D eigenvalue weighted by Gasteiger charge is 2.31. The van der Waals surface area contributed by atoms with Crippen molar-refractivity contribution in [1.29, 1.82) is 0 Å². The molecule has 1 aromatic carbocycles. The number of nitrogens with one attached hydrogen (secondary N) is 1. The quantitative estimate of drug-likeness (QED) is 0.782. The first kappa shape index (κ1) is 12.3. The van der Waals surface area contributed by atoms with Crippen molar-refractivity contribution in [2.45, 2.75) is 6.18 Å². The summed E-state index contributed by atoms with van der Waals surface area (Å²) in [6, 6.07) is 5.40. The number of hydrogen-bond donors (Lipinski definition) is 1. The van der Waals surface area contributed by atoms with E-state index >= 15 is 0 Å². The molecule has 1 heterocycles. The Morgan fingerprint density at radius 2 is 1.67 bits per heavy atom. The molecule has 2 nitrogen and oxygen atoms in total. The number of alkyl halides is 3. The first-order chi connectivity index (χ1) is 8.38. The molecule has 1 N–H and O–H groups in total. The molecule has 0 aliphatic heterocycles. The topological polar surface area (TPSA) is 32.9 Å². The second-order valence-corrected chi connectivity index (χ2v) is 3.64. The van der Waals surface area contributed by atoms with E-state index in [2.05, 4.69) is 0 Å². The van der Waals surface area contributed by atoms with Gasteiger partial charge in [0, 0.05) is 11.8 Å². The van der Waals surface area contributed by atoms with Crippen molar-refractivity contribution in [3.05, 3.63) is 58.3 Å². The molecule has 0 fully saturated rings. The summed E-state index contributed by atoms with van der Waals surface area (Å²) in [5.74, 6) is -0.526. The number of aromatic amines is 1. The molecule has 2 aromatic rings. The minimum Gasteiger partial charge on any atom is -0.328 e. The van der Waals surface area contributed by atoms with Crippen LogP contribution in [-0.2, 0) is 6.18 Å². The van der Waals surface area contributed by atoms with Gasteiger partial charge in [-0.3, -0.25) is 4.79 Å². The molecule has 0 spiro atoms. The van der Waals surface area contributed by atoms with Gasteiger partial charge < -0.3 is 4.98 Å². The molecular weight excluding hydrogens is 250 g/mol. The maximum absolute atomic E-state index is 12.7. The number of rotatable bonds is 1. The zero-order chi connectivity index (χ0) is 13.3. The van der Waals surface area contributed by atoms with Crippen LogP contribution in [-0.4, -0.2) is 4.98 Å².